The molecular weight excluding hydrogens is 300 g/mol. The molecule has 21 heavy (non-hydrogen) atoms. The summed E-state index contributed by atoms with van der Waals surface area (Å²) >= 11 is 0. The van der Waals surface area contributed by atoms with E-state index >= 15 is 0 Å². The number of nitrogens with one attached hydrogen (secondary N) is 1. The Morgan fingerprint density at radius 2 is 1.86 bits per heavy atom. The third-order valence-electron chi connectivity index (χ3n) is 2.74. The number of aliphatic carboxylic acids is 1. The Hall–Kier alpha value is -2.00. The first-order chi connectivity index (χ1) is 9.62. The average Bonchev–Trinajstić information content (AvgIpc) is 2.35. The predicted molar refractivity (Wildman–Crippen MR) is 75.1 cm³/mol. The van der Waals surface area contributed by atoms with Crippen LogP contribution in [0.2, 0.25) is 0 Å². The predicted octanol–water partition coefficient (Wildman–Crippen LogP) is 1.12. The van der Waals surface area contributed by atoms with Gasteiger partial charge in [0.15, 0.2) is 0 Å². The first-order valence-electron chi connectivity index (χ1n) is 6.08. The van der Waals surface area contributed by atoms with Crippen molar-refractivity contribution in [1.29, 1.82) is 0 Å². The number of nitrogens with zero attached hydrogens (tertiary/aromatic N) is 1. The molecule has 0 amide bonds. The summed E-state index contributed by atoms with van der Waals surface area (Å²) in [5, 5.41) is 19.5. The van der Waals surface area contributed by atoms with Gasteiger partial charge in [0.1, 0.15) is 6.04 Å². The lowest BCUT2D eigenvalue weighted by Crippen LogP contribution is -2.44. The molecule has 0 aliphatic heterocycles. The number of carboxylic acids is 1. The normalized spacial score (nSPS) is 13.1. The van der Waals surface area contributed by atoms with Crippen LogP contribution in [0.5, 0.6) is 0 Å². The van der Waals surface area contributed by atoms with Crippen molar-refractivity contribution in [2.45, 2.75) is 25.6 Å². The number of nitro benzene ring substituents is 1. The van der Waals surface area contributed by atoms with Crippen LogP contribution in [0.4, 0.5) is 5.69 Å². The quantitative estimate of drug-likeness (QED) is 0.573. The standard InChI is InChI=1S/C12H16N2O6S/c1-8(2)11(12(15)16)13-21(19,20)7-9-3-5-10(6-4-9)14(17)18/h3-6,8,11,13H,7H2,1-2H3,(H,15,16)/t11-/m0/s1. The molecule has 0 unspecified atom stereocenters. The van der Waals surface area contributed by atoms with E-state index in [4.69, 9.17) is 5.11 Å². The molecular formula is C12H16N2O6S. The van der Waals surface area contributed by atoms with Gasteiger partial charge in [-0.3, -0.25) is 14.9 Å². The van der Waals surface area contributed by atoms with Gasteiger partial charge in [-0.2, -0.15) is 0 Å². The molecule has 1 aromatic rings. The molecule has 0 saturated heterocycles. The number of sulfonamides is 1. The molecule has 116 valence electrons. The number of hydrogen-bond acceptors (Lipinski definition) is 5. The van der Waals surface area contributed by atoms with Crippen LogP contribution in [0.3, 0.4) is 0 Å². The summed E-state index contributed by atoms with van der Waals surface area (Å²) in [6.07, 6.45) is 0. The molecule has 9 heteroatoms. The second-order valence-corrected chi connectivity index (χ2v) is 6.61. The molecule has 0 aliphatic carbocycles. The largest absolute Gasteiger partial charge is 0.480 e. The fourth-order valence-corrected chi connectivity index (χ4v) is 3.11. The molecule has 0 bridgehead atoms. The highest BCUT2D eigenvalue weighted by Crippen LogP contribution is 2.14. The second-order valence-electron chi connectivity index (χ2n) is 4.86. The topological polar surface area (TPSA) is 127 Å². The highest BCUT2D eigenvalue weighted by molar-refractivity contribution is 7.88. The van der Waals surface area contributed by atoms with E-state index in [0.717, 1.165) is 0 Å². The van der Waals surface area contributed by atoms with Gasteiger partial charge in [-0.15, -0.1) is 0 Å². The Labute approximate surface area is 122 Å². The van der Waals surface area contributed by atoms with Crippen molar-refractivity contribution < 1.29 is 23.2 Å². The highest BCUT2D eigenvalue weighted by Gasteiger charge is 2.27. The summed E-state index contributed by atoms with van der Waals surface area (Å²) < 4.78 is 26.0. The first-order valence-corrected chi connectivity index (χ1v) is 7.74. The van der Waals surface area contributed by atoms with E-state index in [1.54, 1.807) is 13.8 Å². The summed E-state index contributed by atoms with van der Waals surface area (Å²) in [7, 11) is -3.86. The Morgan fingerprint density at radius 1 is 1.33 bits per heavy atom. The minimum atomic E-state index is -3.86. The van der Waals surface area contributed by atoms with Crippen molar-refractivity contribution >= 4 is 21.7 Å². The van der Waals surface area contributed by atoms with Gasteiger partial charge in [-0.05, 0) is 11.5 Å². The van der Waals surface area contributed by atoms with Crippen molar-refractivity contribution in [3.05, 3.63) is 39.9 Å². The van der Waals surface area contributed by atoms with Crippen LogP contribution in [0.1, 0.15) is 19.4 Å². The molecule has 0 aliphatic rings. The summed E-state index contributed by atoms with van der Waals surface area (Å²) in [4.78, 5) is 20.9. The molecule has 8 nitrogen and oxygen atoms in total. The fraction of sp³-hybridized carbons (Fsp3) is 0.417. The Bertz CT molecular complexity index is 624. The number of nitro groups is 1. The SMILES string of the molecule is CC(C)[C@H](NS(=O)(=O)Cc1ccc([N+](=O)[O-])cc1)C(=O)O. The van der Waals surface area contributed by atoms with Crippen molar-refractivity contribution in [2.24, 2.45) is 5.92 Å². The van der Waals surface area contributed by atoms with Crippen LogP contribution in [0.15, 0.2) is 24.3 Å². The van der Waals surface area contributed by atoms with Crippen LogP contribution >= 0.6 is 0 Å². The van der Waals surface area contributed by atoms with E-state index in [1.165, 1.54) is 24.3 Å². The lowest BCUT2D eigenvalue weighted by atomic mass is 10.1. The van der Waals surface area contributed by atoms with Gasteiger partial charge in [0.05, 0.1) is 10.7 Å². The number of non-ortho nitro benzene ring substituents is 1. The maximum Gasteiger partial charge on any atom is 0.321 e. The van der Waals surface area contributed by atoms with Crippen molar-refractivity contribution in [3.63, 3.8) is 0 Å². The molecule has 1 rings (SSSR count). The third-order valence-corrected chi connectivity index (χ3v) is 4.07. The summed E-state index contributed by atoms with van der Waals surface area (Å²) in [5.74, 6) is -2.10. The molecule has 0 heterocycles. The molecule has 1 aromatic carbocycles. The zero-order valence-electron chi connectivity index (χ0n) is 11.5. The minimum Gasteiger partial charge on any atom is -0.480 e. The monoisotopic (exact) mass is 316 g/mol. The van der Waals surface area contributed by atoms with E-state index in [0.29, 0.717) is 5.56 Å². The molecule has 0 saturated carbocycles. The molecule has 0 fully saturated rings. The third kappa shape index (κ3) is 5.12. The van der Waals surface area contributed by atoms with Gasteiger partial charge in [-0.25, -0.2) is 13.1 Å². The van der Waals surface area contributed by atoms with Gasteiger partial charge in [0, 0.05) is 12.1 Å². The van der Waals surface area contributed by atoms with Crippen LogP contribution in [-0.4, -0.2) is 30.5 Å². The van der Waals surface area contributed by atoms with E-state index in [-0.39, 0.29) is 5.69 Å². The lowest BCUT2D eigenvalue weighted by Gasteiger charge is -2.17. The van der Waals surface area contributed by atoms with Crippen LogP contribution < -0.4 is 4.72 Å². The number of carboxylic acid groups (broad SMARTS) is 1. The van der Waals surface area contributed by atoms with Gasteiger partial charge in [0.25, 0.3) is 5.69 Å². The Morgan fingerprint density at radius 3 is 2.24 bits per heavy atom. The van der Waals surface area contributed by atoms with Gasteiger partial charge < -0.3 is 5.11 Å². The summed E-state index contributed by atoms with van der Waals surface area (Å²) in [6, 6.07) is 3.82. The molecule has 1 atom stereocenters. The number of carbonyl (C=O) groups is 1. The van der Waals surface area contributed by atoms with Gasteiger partial charge in [-0.1, -0.05) is 26.0 Å². The molecule has 0 radical (unpaired) electrons. The van der Waals surface area contributed by atoms with E-state index in [9.17, 15) is 23.3 Å². The average molecular weight is 316 g/mol. The number of benzene rings is 1. The zero-order chi connectivity index (χ0) is 16.2. The fourth-order valence-electron chi connectivity index (χ4n) is 1.64. The van der Waals surface area contributed by atoms with Crippen LogP contribution in [0.25, 0.3) is 0 Å². The van der Waals surface area contributed by atoms with Gasteiger partial charge in [0.2, 0.25) is 10.0 Å². The van der Waals surface area contributed by atoms with E-state index < -0.39 is 38.6 Å². The van der Waals surface area contributed by atoms with E-state index in [2.05, 4.69) is 4.72 Å². The molecule has 0 spiro atoms. The molecule has 2 N–H and O–H groups in total. The van der Waals surface area contributed by atoms with Crippen LogP contribution in [-0.2, 0) is 20.6 Å². The maximum absolute atomic E-state index is 11.9. The lowest BCUT2D eigenvalue weighted by molar-refractivity contribution is -0.384. The van der Waals surface area contributed by atoms with Crippen molar-refractivity contribution in [3.8, 4) is 0 Å². The zero-order valence-corrected chi connectivity index (χ0v) is 12.3. The first kappa shape index (κ1) is 17.1. The Balaban J connectivity index is 2.85. The van der Waals surface area contributed by atoms with Crippen molar-refractivity contribution in [1.82, 2.24) is 4.72 Å². The second kappa shape index (κ2) is 6.64. The smallest absolute Gasteiger partial charge is 0.321 e. The van der Waals surface area contributed by atoms with Crippen LogP contribution in [0, 0.1) is 16.0 Å². The Kier molecular flexibility index (Phi) is 5.39. The highest BCUT2D eigenvalue weighted by atomic mass is 32.2. The molecule has 0 aromatic heterocycles. The number of hydrogen-bond donors (Lipinski definition) is 2. The van der Waals surface area contributed by atoms with Crippen molar-refractivity contribution in [2.75, 3.05) is 0 Å². The van der Waals surface area contributed by atoms with E-state index in [1.807, 2.05) is 0 Å². The number of rotatable bonds is 7. The minimum absolute atomic E-state index is 0.144. The summed E-state index contributed by atoms with van der Waals surface area (Å²) in [6.45, 7) is 3.18. The maximum atomic E-state index is 11.9. The summed E-state index contributed by atoms with van der Waals surface area (Å²) in [5.41, 5.74) is 0.190. The van der Waals surface area contributed by atoms with Gasteiger partial charge >= 0.3 is 5.97 Å².